The van der Waals surface area contributed by atoms with Crippen molar-refractivity contribution in [2.24, 2.45) is 0 Å². The molecule has 0 unspecified atom stereocenters. The van der Waals surface area contributed by atoms with E-state index < -0.39 is 15.9 Å². The fourth-order valence-corrected chi connectivity index (χ4v) is 3.91. The molecule has 6 heteroatoms. The Kier molecular flexibility index (Phi) is 4.40. The van der Waals surface area contributed by atoms with Crippen molar-refractivity contribution in [2.45, 2.75) is 6.04 Å². The first-order valence-electron chi connectivity index (χ1n) is 7.44. The zero-order chi connectivity index (χ0) is 17.2. The third-order valence-electron chi connectivity index (χ3n) is 3.83. The van der Waals surface area contributed by atoms with E-state index in [1.807, 2.05) is 6.07 Å². The summed E-state index contributed by atoms with van der Waals surface area (Å²) >= 11 is 0. The molecule has 0 radical (unpaired) electrons. The van der Waals surface area contributed by atoms with Crippen LogP contribution in [-0.4, -0.2) is 33.2 Å². The van der Waals surface area contributed by atoms with E-state index in [0.717, 1.165) is 0 Å². The van der Waals surface area contributed by atoms with Gasteiger partial charge >= 0.3 is 0 Å². The minimum absolute atomic E-state index is 0.113. The maximum atomic E-state index is 13.0. The third-order valence-corrected chi connectivity index (χ3v) is 5.21. The molecule has 3 rings (SSSR count). The largest absolute Gasteiger partial charge is 0.497 e. The molecule has 124 valence electrons. The van der Waals surface area contributed by atoms with E-state index in [1.54, 1.807) is 61.7 Å². The predicted molar refractivity (Wildman–Crippen MR) is 93.0 cm³/mol. The van der Waals surface area contributed by atoms with E-state index >= 15 is 0 Å². The lowest BCUT2D eigenvalue weighted by Crippen LogP contribution is -2.41. The topological polar surface area (TPSA) is 63.7 Å². The van der Waals surface area contributed by atoms with Crippen LogP contribution in [0.25, 0.3) is 0 Å². The highest BCUT2D eigenvalue weighted by Gasteiger charge is 2.31. The van der Waals surface area contributed by atoms with Gasteiger partial charge in [-0.25, -0.2) is 8.42 Å². The normalized spacial score (nSPS) is 18.3. The van der Waals surface area contributed by atoms with Gasteiger partial charge in [0.1, 0.15) is 5.75 Å². The number of nitrogens with zero attached hydrogens (tertiary/aromatic N) is 1. The fraction of sp³-hybridized carbons (Fsp3) is 0.167. The standard InChI is InChI=1S/C18H17NO4S/c1-23-17-9-7-15(8-10-17)19(16-11-12-24(21,22)13-16)18(20)14-5-3-2-4-6-14/h2-12,16H,13H2,1H3/t16-/m0/s1. The summed E-state index contributed by atoms with van der Waals surface area (Å²) in [5.74, 6) is 0.311. The summed E-state index contributed by atoms with van der Waals surface area (Å²) < 4.78 is 28.7. The van der Waals surface area contributed by atoms with E-state index in [1.165, 1.54) is 10.3 Å². The number of benzene rings is 2. The molecular weight excluding hydrogens is 326 g/mol. The molecule has 0 fully saturated rings. The van der Waals surface area contributed by atoms with Crippen molar-refractivity contribution in [3.05, 3.63) is 71.6 Å². The maximum absolute atomic E-state index is 13.0. The molecule has 2 aromatic carbocycles. The molecule has 1 aliphatic rings. The van der Waals surface area contributed by atoms with E-state index in [9.17, 15) is 13.2 Å². The maximum Gasteiger partial charge on any atom is 0.258 e. The summed E-state index contributed by atoms with van der Waals surface area (Å²) in [6, 6.07) is 15.3. The first kappa shape index (κ1) is 16.3. The van der Waals surface area contributed by atoms with E-state index in [4.69, 9.17) is 4.74 Å². The van der Waals surface area contributed by atoms with E-state index in [-0.39, 0.29) is 11.7 Å². The lowest BCUT2D eigenvalue weighted by Gasteiger charge is -2.28. The molecule has 2 aromatic rings. The highest BCUT2D eigenvalue weighted by molar-refractivity contribution is 7.94. The molecule has 0 spiro atoms. The van der Waals surface area contributed by atoms with Crippen LogP contribution in [0.4, 0.5) is 5.69 Å². The number of sulfone groups is 1. The van der Waals surface area contributed by atoms with Crippen LogP contribution in [-0.2, 0) is 9.84 Å². The van der Waals surface area contributed by atoms with Crippen molar-refractivity contribution >= 4 is 21.4 Å². The molecule has 24 heavy (non-hydrogen) atoms. The number of hydrogen-bond donors (Lipinski definition) is 0. The van der Waals surface area contributed by atoms with Crippen LogP contribution in [0.3, 0.4) is 0 Å². The van der Waals surface area contributed by atoms with E-state index in [0.29, 0.717) is 17.0 Å². The Balaban J connectivity index is 2.00. The molecule has 1 aliphatic heterocycles. The number of ether oxygens (including phenoxy) is 1. The van der Waals surface area contributed by atoms with Crippen LogP contribution in [0.1, 0.15) is 10.4 Å². The molecule has 0 N–H and O–H groups in total. The summed E-state index contributed by atoms with van der Waals surface area (Å²) in [4.78, 5) is 14.5. The van der Waals surface area contributed by atoms with Crippen LogP contribution >= 0.6 is 0 Å². The zero-order valence-electron chi connectivity index (χ0n) is 13.1. The quantitative estimate of drug-likeness (QED) is 0.856. The van der Waals surface area contributed by atoms with Gasteiger partial charge in [0.2, 0.25) is 0 Å². The van der Waals surface area contributed by atoms with Crippen molar-refractivity contribution in [3.8, 4) is 5.75 Å². The van der Waals surface area contributed by atoms with Gasteiger partial charge in [-0.3, -0.25) is 4.79 Å². The van der Waals surface area contributed by atoms with Gasteiger partial charge in [-0.1, -0.05) is 18.2 Å². The molecule has 5 nitrogen and oxygen atoms in total. The van der Waals surface area contributed by atoms with Gasteiger partial charge in [-0.15, -0.1) is 0 Å². The minimum Gasteiger partial charge on any atom is -0.497 e. The summed E-state index contributed by atoms with van der Waals surface area (Å²) in [7, 11) is -1.71. The Morgan fingerprint density at radius 2 is 1.75 bits per heavy atom. The van der Waals surface area contributed by atoms with Gasteiger partial charge < -0.3 is 9.64 Å². The molecule has 0 aromatic heterocycles. The second kappa shape index (κ2) is 6.49. The van der Waals surface area contributed by atoms with Crippen LogP contribution in [0.5, 0.6) is 5.75 Å². The SMILES string of the molecule is COc1ccc(N(C(=O)c2ccccc2)[C@H]2C=CS(=O)(=O)C2)cc1. The number of carbonyl (C=O) groups excluding carboxylic acids is 1. The lowest BCUT2D eigenvalue weighted by molar-refractivity contribution is 0.0983. The second-order valence-corrected chi connectivity index (χ2v) is 7.40. The molecule has 0 aliphatic carbocycles. The smallest absolute Gasteiger partial charge is 0.258 e. The number of amides is 1. The Morgan fingerprint density at radius 3 is 2.29 bits per heavy atom. The molecule has 1 atom stereocenters. The first-order chi connectivity index (χ1) is 11.5. The van der Waals surface area contributed by atoms with Gasteiger partial charge in [0.05, 0.1) is 18.9 Å². The Morgan fingerprint density at radius 1 is 1.08 bits per heavy atom. The highest BCUT2D eigenvalue weighted by atomic mass is 32.2. The molecule has 0 saturated heterocycles. The molecule has 0 saturated carbocycles. The van der Waals surface area contributed by atoms with Crippen molar-refractivity contribution in [2.75, 3.05) is 17.8 Å². The summed E-state index contributed by atoms with van der Waals surface area (Å²) in [6.07, 6.45) is 1.56. The van der Waals surface area contributed by atoms with Crippen LogP contribution in [0.2, 0.25) is 0 Å². The van der Waals surface area contributed by atoms with Crippen molar-refractivity contribution in [1.29, 1.82) is 0 Å². The summed E-state index contributed by atoms with van der Waals surface area (Å²) in [5, 5.41) is 1.17. The zero-order valence-corrected chi connectivity index (χ0v) is 13.9. The molecule has 0 bridgehead atoms. The van der Waals surface area contributed by atoms with Gasteiger partial charge in [-0.2, -0.15) is 0 Å². The number of methoxy groups -OCH3 is 1. The number of hydrogen-bond acceptors (Lipinski definition) is 4. The van der Waals surface area contributed by atoms with Crippen molar-refractivity contribution < 1.29 is 17.9 Å². The molecule has 1 heterocycles. The van der Waals surface area contributed by atoms with Gasteiger partial charge in [-0.05, 0) is 42.5 Å². The predicted octanol–water partition coefficient (Wildman–Crippen LogP) is 2.65. The van der Waals surface area contributed by atoms with Crippen LogP contribution in [0.15, 0.2) is 66.1 Å². The van der Waals surface area contributed by atoms with Gasteiger partial charge in [0, 0.05) is 16.7 Å². The third kappa shape index (κ3) is 3.33. The van der Waals surface area contributed by atoms with Gasteiger partial charge in [0.15, 0.2) is 9.84 Å². The van der Waals surface area contributed by atoms with Gasteiger partial charge in [0.25, 0.3) is 5.91 Å². The Hall–Kier alpha value is -2.60. The first-order valence-corrected chi connectivity index (χ1v) is 9.15. The number of rotatable bonds is 4. The number of carbonyl (C=O) groups is 1. The fourth-order valence-electron chi connectivity index (χ4n) is 2.64. The average molecular weight is 343 g/mol. The summed E-state index contributed by atoms with van der Waals surface area (Å²) in [5.41, 5.74) is 1.13. The Bertz CT molecular complexity index is 858. The minimum atomic E-state index is -3.28. The average Bonchev–Trinajstić information content (AvgIpc) is 2.96. The monoisotopic (exact) mass is 343 g/mol. The van der Waals surface area contributed by atoms with Crippen LogP contribution in [0, 0.1) is 0 Å². The lowest BCUT2D eigenvalue weighted by atomic mass is 10.1. The van der Waals surface area contributed by atoms with Crippen LogP contribution < -0.4 is 9.64 Å². The summed E-state index contributed by atoms with van der Waals surface area (Å²) in [6.45, 7) is 0. The highest BCUT2D eigenvalue weighted by Crippen LogP contribution is 2.26. The van der Waals surface area contributed by atoms with E-state index in [2.05, 4.69) is 0 Å². The number of anilines is 1. The second-order valence-electron chi connectivity index (χ2n) is 5.46. The molecule has 1 amide bonds. The Labute approximate surface area is 141 Å². The van der Waals surface area contributed by atoms with Crippen molar-refractivity contribution in [1.82, 2.24) is 0 Å². The van der Waals surface area contributed by atoms with Crippen molar-refractivity contribution in [3.63, 3.8) is 0 Å². The molecular formula is C18H17NO4S.